The van der Waals surface area contributed by atoms with Crippen molar-refractivity contribution in [2.45, 2.75) is 26.1 Å². The zero-order valence-corrected chi connectivity index (χ0v) is 8.96. The predicted molar refractivity (Wildman–Crippen MR) is 52.2 cm³/mol. The average Bonchev–Trinajstić information content (AvgIpc) is 2.36. The van der Waals surface area contributed by atoms with Gasteiger partial charge in [-0.05, 0) is 25.7 Å². The van der Waals surface area contributed by atoms with Crippen molar-refractivity contribution in [2.24, 2.45) is 0 Å². The second kappa shape index (κ2) is 3.91. The van der Waals surface area contributed by atoms with E-state index in [9.17, 15) is 0 Å². The van der Waals surface area contributed by atoms with E-state index in [1.807, 2.05) is 12.2 Å². The third-order valence-corrected chi connectivity index (χ3v) is 2.46. The Morgan fingerprint density at radius 3 is 2.67 bits per heavy atom. The van der Waals surface area contributed by atoms with E-state index in [4.69, 9.17) is 9.16 Å². The molecule has 0 N–H and O–H groups in total. The molecule has 0 saturated carbocycles. The van der Waals surface area contributed by atoms with Gasteiger partial charge in [-0.25, -0.2) is 0 Å². The summed E-state index contributed by atoms with van der Waals surface area (Å²) in [5, 5.41) is 0. The molecule has 0 atom stereocenters. The smallest absolute Gasteiger partial charge is 0.188 e. The number of hydrogen-bond donors (Lipinski definition) is 0. The van der Waals surface area contributed by atoms with Crippen LogP contribution in [0.15, 0.2) is 24.0 Å². The maximum atomic E-state index is 5.54. The molecular weight excluding hydrogens is 168 g/mol. The lowest BCUT2D eigenvalue weighted by Crippen LogP contribution is -2.26. The van der Waals surface area contributed by atoms with E-state index in [0.29, 0.717) is 6.79 Å². The highest BCUT2D eigenvalue weighted by atomic mass is 28.4. The van der Waals surface area contributed by atoms with Gasteiger partial charge in [0.05, 0.1) is 0 Å². The fraction of sp³-hybridized carbons (Fsp3) is 0.556. The summed E-state index contributed by atoms with van der Waals surface area (Å²) in [4.78, 5) is 0. The fourth-order valence-electron chi connectivity index (χ4n) is 0.817. The lowest BCUT2D eigenvalue weighted by atomic mass is 10.4. The van der Waals surface area contributed by atoms with Crippen molar-refractivity contribution in [2.75, 3.05) is 6.79 Å². The Hall–Kier alpha value is -0.543. The maximum Gasteiger partial charge on any atom is 0.188 e. The molecule has 0 fully saturated rings. The highest BCUT2D eigenvalue weighted by molar-refractivity contribution is 6.69. The Morgan fingerprint density at radius 2 is 2.17 bits per heavy atom. The summed E-state index contributed by atoms with van der Waals surface area (Å²) in [6.07, 6.45) is 6.97. The van der Waals surface area contributed by atoms with Crippen molar-refractivity contribution in [3.05, 3.63) is 24.0 Å². The standard InChI is InChI=1S/C9H16O2Si/c1-12(2,3)11-8-10-9-6-4-5-7-9/h4-6H,7-8H2,1-3H3. The molecule has 0 radical (unpaired) electrons. The molecule has 0 heterocycles. The molecule has 12 heavy (non-hydrogen) atoms. The number of ether oxygens (including phenoxy) is 1. The van der Waals surface area contributed by atoms with Gasteiger partial charge in [-0.15, -0.1) is 0 Å². The van der Waals surface area contributed by atoms with E-state index >= 15 is 0 Å². The Bertz CT molecular complexity index is 201. The molecule has 0 bridgehead atoms. The molecule has 0 aliphatic heterocycles. The van der Waals surface area contributed by atoms with Crippen LogP contribution in [0, 0.1) is 0 Å². The summed E-state index contributed by atoms with van der Waals surface area (Å²) >= 11 is 0. The molecule has 0 aromatic rings. The summed E-state index contributed by atoms with van der Waals surface area (Å²) in [7, 11) is -1.40. The molecule has 0 unspecified atom stereocenters. The van der Waals surface area contributed by atoms with Crippen LogP contribution in [0.3, 0.4) is 0 Å². The highest BCUT2D eigenvalue weighted by Crippen LogP contribution is 2.12. The molecule has 0 spiro atoms. The summed E-state index contributed by atoms with van der Waals surface area (Å²) in [6.45, 7) is 6.86. The first-order valence-corrected chi connectivity index (χ1v) is 7.61. The van der Waals surface area contributed by atoms with E-state index < -0.39 is 8.32 Å². The van der Waals surface area contributed by atoms with E-state index in [2.05, 4.69) is 25.7 Å². The van der Waals surface area contributed by atoms with Crippen LogP contribution in [-0.4, -0.2) is 15.1 Å². The van der Waals surface area contributed by atoms with Gasteiger partial charge >= 0.3 is 0 Å². The van der Waals surface area contributed by atoms with Crippen LogP contribution in [0.25, 0.3) is 0 Å². The van der Waals surface area contributed by atoms with Gasteiger partial charge in [0.2, 0.25) is 0 Å². The molecule has 3 heteroatoms. The minimum absolute atomic E-state index is 0.406. The zero-order chi connectivity index (χ0) is 9.03. The average molecular weight is 184 g/mol. The molecule has 0 aromatic heterocycles. The van der Waals surface area contributed by atoms with Crippen molar-refractivity contribution in [1.29, 1.82) is 0 Å². The van der Waals surface area contributed by atoms with Crippen LogP contribution in [0.2, 0.25) is 19.6 Å². The summed E-state index contributed by atoms with van der Waals surface area (Å²) in [5.41, 5.74) is 0. The molecule has 68 valence electrons. The number of rotatable bonds is 4. The monoisotopic (exact) mass is 184 g/mol. The minimum Gasteiger partial charge on any atom is -0.473 e. The van der Waals surface area contributed by atoms with Crippen LogP contribution in [0.4, 0.5) is 0 Å². The second-order valence-corrected chi connectivity index (χ2v) is 8.30. The van der Waals surface area contributed by atoms with Gasteiger partial charge in [0, 0.05) is 6.42 Å². The fourth-order valence-corrected chi connectivity index (χ4v) is 1.23. The second-order valence-electron chi connectivity index (χ2n) is 3.78. The molecule has 0 saturated heterocycles. The molecular formula is C9H16O2Si. The van der Waals surface area contributed by atoms with Crippen molar-refractivity contribution >= 4 is 8.32 Å². The largest absolute Gasteiger partial charge is 0.473 e. The van der Waals surface area contributed by atoms with Gasteiger partial charge in [0.1, 0.15) is 5.76 Å². The Kier molecular flexibility index (Phi) is 3.11. The van der Waals surface area contributed by atoms with Crippen molar-refractivity contribution in [1.82, 2.24) is 0 Å². The Labute approximate surface area is 75.0 Å². The third-order valence-electron chi connectivity index (χ3n) is 1.47. The predicted octanol–water partition coefficient (Wildman–Crippen LogP) is 2.66. The zero-order valence-electron chi connectivity index (χ0n) is 7.96. The number of hydrogen-bond acceptors (Lipinski definition) is 2. The molecule has 0 amide bonds. The van der Waals surface area contributed by atoms with Gasteiger partial charge in [-0.2, -0.15) is 0 Å². The SMILES string of the molecule is C[Si](C)(C)OCOC1=CC=CC1. The Morgan fingerprint density at radius 1 is 1.42 bits per heavy atom. The van der Waals surface area contributed by atoms with Gasteiger partial charge in [-0.3, -0.25) is 0 Å². The normalized spacial score (nSPS) is 16.4. The van der Waals surface area contributed by atoms with Crippen LogP contribution < -0.4 is 0 Å². The van der Waals surface area contributed by atoms with Crippen LogP contribution in [0.5, 0.6) is 0 Å². The van der Waals surface area contributed by atoms with E-state index in [1.54, 1.807) is 0 Å². The van der Waals surface area contributed by atoms with Gasteiger partial charge < -0.3 is 9.16 Å². The van der Waals surface area contributed by atoms with Crippen LogP contribution in [-0.2, 0) is 9.16 Å². The summed E-state index contributed by atoms with van der Waals surface area (Å²) in [5.74, 6) is 1.01. The van der Waals surface area contributed by atoms with Crippen molar-refractivity contribution < 1.29 is 9.16 Å². The first-order chi connectivity index (χ1) is 5.58. The van der Waals surface area contributed by atoms with Gasteiger partial charge in [-0.1, -0.05) is 12.2 Å². The summed E-state index contributed by atoms with van der Waals surface area (Å²) in [6, 6.07) is 0. The first-order valence-electron chi connectivity index (χ1n) is 4.20. The van der Waals surface area contributed by atoms with E-state index in [-0.39, 0.29) is 0 Å². The van der Waals surface area contributed by atoms with Crippen LogP contribution >= 0.6 is 0 Å². The lowest BCUT2D eigenvalue weighted by Gasteiger charge is -2.17. The molecule has 0 aromatic carbocycles. The van der Waals surface area contributed by atoms with Gasteiger partial charge in [0.15, 0.2) is 15.1 Å². The number of allylic oxidation sites excluding steroid dienone is 3. The van der Waals surface area contributed by atoms with E-state index in [0.717, 1.165) is 12.2 Å². The quantitative estimate of drug-likeness (QED) is 0.494. The molecule has 1 rings (SSSR count). The van der Waals surface area contributed by atoms with Crippen LogP contribution in [0.1, 0.15) is 6.42 Å². The van der Waals surface area contributed by atoms with Gasteiger partial charge in [0.25, 0.3) is 0 Å². The Balaban J connectivity index is 2.11. The maximum absolute atomic E-state index is 5.54. The lowest BCUT2D eigenvalue weighted by molar-refractivity contribution is 0.0543. The van der Waals surface area contributed by atoms with E-state index in [1.165, 1.54) is 0 Å². The molecule has 2 nitrogen and oxygen atoms in total. The molecule has 1 aliphatic rings. The molecule has 1 aliphatic carbocycles. The van der Waals surface area contributed by atoms with Crippen molar-refractivity contribution in [3.63, 3.8) is 0 Å². The first kappa shape index (κ1) is 9.54. The topological polar surface area (TPSA) is 18.5 Å². The third kappa shape index (κ3) is 3.73. The van der Waals surface area contributed by atoms with Crippen molar-refractivity contribution in [3.8, 4) is 0 Å². The minimum atomic E-state index is -1.40. The highest BCUT2D eigenvalue weighted by Gasteiger charge is 2.14. The summed E-state index contributed by atoms with van der Waals surface area (Å²) < 4.78 is 10.9.